The van der Waals surface area contributed by atoms with Gasteiger partial charge in [-0.3, -0.25) is 26.4 Å². The van der Waals surface area contributed by atoms with Crippen LogP contribution in [0.25, 0.3) is 103 Å². The number of nitrogens with zero attached hydrogens (tertiary/aromatic N) is 26. The summed E-state index contributed by atoms with van der Waals surface area (Å²) in [6.07, 6.45) is 11.6. The van der Waals surface area contributed by atoms with Crippen molar-refractivity contribution in [2.45, 2.75) is 55.4 Å². The van der Waals surface area contributed by atoms with E-state index in [0.29, 0.717) is 0 Å². The summed E-state index contributed by atoms with van der Waals surface area (Å²) in [5.41, 5.74) is 15.9. The first-order valence-corrected chi connectivity index (χ1v) is 39.3. The summed E-state index contributed by atoms with van der Waals surface area (Å²) in [7, 11) is -19.8. The predicted octanol–water partition coefficient (Wildman–Crippen LogP) is -7.97. The number of hydrogen-bond donors (Lipinski definition) is 0. The van der Waals surface area contributed by atoms with Gasteiger partial charge in [-0.05, 0) is 187 Å². The molecule has 0 aromatic carbocycles. The molecule has 126 heavy (non-hydrogen) atoms. The molecule has 0 saturated heterocycles. The average molecular weight is 1900 g/mol. The number of pyridine rings is 12. The minimum Gasteiger partial charge on any atom is -0.412 e. The molecule has 4 N–H and O–H groups in total. The second kappa shape index (κ2) is 52.0. The Balaban J connectivity index is 0.000000367. The van der Waals surface area contributed by atoms with Gasteiger partial charge in [0.25, 0.3) is 0 Å². The van der Waals surface area contributed by atoms with Crippen LogP contribution in [0.3, 0.4) is 0 Å². The standard InChI is InChI=1S/6C12H10N4.2C2H3N.4ClHO4.2Cu.2H2O/c6*1-9-5-4-6-10(13-9)12-15-14-11-7-2-3-8-16(11)12;2*1-2-3;4*2-1(3,4)5;;;;/h6*2-8H,1H3;2*1H3;4*(H,2,3,4,5);;;2*1H2/q;;;;;;;;;;;;2*+2;;/p-4. The number of nitriles is 2. The van der Waals surface area contributed by atoms with E-state index in [9.17, 15) is 0 Å². The fourth-order valence-electron chi connectivity index (χ4n) is 10.1. The molecule has 2 radical (unpaired) electrons. The Morgan fingerprint density at radius 1 is 0.278 bits per heavy atom. The molecule has 662 valence electrons. The van der Waals surface area contributed by atoms with Gasteiger partial charge >= 0.3 is 34.1 Å². The normalized spacial score (nSPS) is 10.3. The molecule has 50 heteroatoms. The molecule has 0 saturated carbocycles. The molecule has 0 fully saturated rings. The van der Waals surface area contributed by atoms with E-state index in [2.05, 4.69) is 91.1 Å². The zero-order valence-electron chi connectivity index (χ0n) is 66.5. The fraction of sp³-hybridized carbons (Fsp3) is 0.105. The van der Waals surface area contributed by atoms with E-state index in [4.69, 9.17) is 85.1 Å². The van der Waals surface area contributed by atoms with Gasteiger partial charge in [-0.15, -0.1) is 102 Å². The average Bonchev–Trinajstić information content (AvgIpc) is 1.69. The van der Waals surface area contributed by atoms with Crippen molar-refractivity contribution in [1.29, 1.82) is 10.5 Å². The molecule has 0 bridgehead atoms. The number of aryl methyl sites for hydroxylation is 6. The van der Waals surface area contributed by atoms with Crippen LogP contribution < -0.4 is 84.0 Å². The van der Waals surface area contributed by atoms with Gasteiger partial charge in [-0.2, -0.15) is 10.5 Å². The molecule has 18 heterocycles. The molecular weight excluding hydrogens is 1830 g/mol. The van der Waals surface area contributed by atoms with E-state index in [1.54, 1.807) is 12.1 Å². The van der Waals surface area contributed by atoms with Crippen LogP contribution in [0.15, 0.2) is 256 Å². The largest absolute Gasteiger partial charge is 2.00 e. The van der Waals surface area contributed by atoms with E-state index in [1.165, 1.54) is 13.8 Å². The molecule has 44 nitrogen and oxygen atoms in total. The van der Waals surface area contributed by atoms with Crippen LogP contribution in [-0.4, -0.2) is 119 Å². The Hall–Kier alpha value is -12.9. The van der Waals surface area contributed by atoms with Gasteiger partial charge in [0.05, 0.1) is 12.1 Å². The summed E-state index contributed by atoms with van der Waals surface area (Å²) in [5, 5.41) is 64.2. The maximum absolute atomic E-state index is 8.49. The molecule has 0 atom stereocenters. The van der Waals surface area contributed by atoms with Crippen molar-refractivity contribution in [2.24, 2.45) is 0 Å². The molecule has 0 aliphatic heterocycles. The maximum atomic E-state index is 8.49. The smallest absolute Gasteiger partial charge is 0.412 e. The summed E-state index contributed by atoms with van der Waals surface area (Å²) >= 11 is 0. The molecule has 0 aliphatic rings. The van der Waals surface area contributed by atoms with Crippen LogP contribution in [0.4, 0.5) is 0 Å². The second-order valence-corrected chi connectivity index (χ2v) is 26.7. The van der Waals surface area contributed by atoms with Crippen molar-refractivity contribution in [2.75, 3.05) is 0 Å². The van der Waals surface area contributed by atoms with Crippen LogP contribution in [0.5, 0.6) is 0 Å². The third-order valence-electron chi connectivity index (χ3n) is 14.6. The first-order chi connectivity index (χ1) is 57.9. The SMILES string of the molecule is CC#N.CC#N.Cc1cccc(-c2n[n-]c3cccc[n+]23)n1.Cc1cccc(-c2nnc3ccccn23)n1.Cc1cccc(-c2nnc3ccccn23)n1.Cc1cccc(-c2nnc3ccccn23)n1.Cc1cccc(-c2nnc3ccccn23)n1.Cc1cccc(-c2nnc3ccccn23)n1.O.O.[Cu+2].[Cu+2].[O-][Cl+3]([O-])([O-])[O-].[O-][Cl+3]([O-])([O-])[O-].[O-][Cl+3]([O-])([O-])[O-].[O-][Cl+3]([O-])([O-])[O-]. The second-order valence-electron chi connectivity index (χ2n) is 23.7. The van der Waals surface area contributed by atoms with Crippen molar-refractivity contribution >= 4 is 33.9 Å². The van der Waals surface area contributed by atoms with E-state index in [0.717, 1.165) is 137 Å². The minimum atomic E-state index is -4.94. The first-order valence-electron chi connectivity index (χ1n) is 34.4. The summed E-state index contributed by atoms with van der Waals surface area (Å²) in [5.74, 6) is 4.66. The molecule has 18 aromatic heterocycles. The molecule has 18 rings (SSSR count). The summed E-state index contributed by atoms with van der Waals surface area (Å²) < 4.78 is 147. The van der Waals surface area contributed by atoms with Crippen LogP contribution in [0, 0.1) is 105 Å². The third-order valence-corrected chi connectivity index (χ3v) is 14.6. The Morgan fingerprint density at radius 3 is 0.675 bits per heavy atom. The van der Waals surface area contributed by atoms with Gasteiger partial charge in [0.1, 0.15) is 34.2 Å². The topological polar surface area (TPSA) is 739 Å². The van der Waals surface area contributed by atoms with Gasteiger partial charge in [0, 0.05) is 85.2 Å². The number of aromatic nitrogens is 24. The van der Waals surface area contributed by atoms with Crippen LogP contribution in [-0.2, 0) is 34.1 Å². The van der Waals surface area contributed by atoms with Crippen LogP contribution in [0.1, 0.15) is 48.0 Å². The van der Waals surface area contributed by atoms with E-state index < -0.39 is 41.0 Å². The number of rotatable bonds is 6. The van der Waals surface area contributed by atoms with E-state index in [1.807, 2.05) is 324 Å². The van der Waals surface area contributed by atoms with E-state index >= 15 is 0 Å². The van der Waals surface area contributed by atoms with Gasteiger partial charge in [0.2, 0.25) is 0 Å². The molecule has 0 unspecified atom stereocenters. The Kier molecular flexibility index (Phi) is 44.3. The van der Waals surface area contributed by atoms with Crippen molar-refractivity contribution < 1.29 is 165 Å². The van der Waals surface area contributed by atoms with Crippen LogP contribution in [0.2, 0.25) is 0 Å². The van der Waals surface area contributed by atoms with Crippen molar-refractivity contribution in [3.8, 4) is 81.2 Å². The van der Waals surface area contributed by atoms with Gasteiger partial charge in [-0.1, -0.05) is 72.8 Å². The summed E-state index contributed by atoms with van der Waals surface area (Å²) in [4.78, 5) is 26.7. The molecule has 0 spiro atoms. The van der Waals surface area contributed by atoms with Crippen molar-refractivity contribution in [3.63, 3.8) is 0 Å². The quantitative estimate of drug-likeness (QED) is 0.110. The Labute approximate surface area is 744 Å². The third kappa shape index (κ3) is 36.9. The van der Waals surface area contributed by atoms with Gasteiger partial charge in [0.15, 0.2) is 68.8 Å². The number of hydrogen-bond acceptors (Lipinski definition) is 35. The first kappa shape index (κ1) is 107. The van der Waals surface area contributed by atoms with Gasteiger partial charge < -0.3 is 11.0 Å². The van der Waals surface area contributed by atoms with E-state index in [-0.39, 0.29) is 45.1 Å². The monoisotopic (exact) mass is 1900 g/mol. The van der Waals surface area contributed by atoms with Crippen LogP contribution >= 0.6 is 0 Å². The Bertz CT molecular complexity index is 5440. The van der Waals surface area contributed by atoms with Crippen molar-refractivity contribution in [1.82, 2.24) is 113 Å². The molecule has 0 amide bonds. The number of halogens is 4. The summed E-state index contributed by atoms with van der Waals surface area (Å²) in [6.45, 7) is 14.7. The predicted molar refractivity (Wildman–Crippen MR) is 393 cm³/mol. The zero-order chi connectivity index (χ0) is 89.2. The minimum absolute atomic E-state index is 0. The molecule has 18 aromatic rings. The summed E-state index contributed by atoms with van der Waals surface area (Å²) in [6, 6.07) is 73.7. The number of fused-ring (bicyclic) bond motifs is 6. The zero-order valence-corrected chi connectivity index (χ0v) is 71.4. The van der Waals surface area contributed by atoms with Gasteiger partial charge in [-0.25, -0.2) is 104 Å². The molecule has 0 aliphatic carbocycles. The fourth-order valence-corrected chi connectivity index (χ4v) is 10.1. The maximum Gasteiger partial charge on any atom is 2.00 e. The van der Waals surface area contributed by atoms with Crippen molar-refractivity contribution in [3.05, 3.63) is 290 Å². The molecular formula is C76H70Cl4Cu2N26O18. The Morgan fingerprint density at radius 2 is 0.468 bits per heavy atom.